The smallest absolute Gasteiger partial charge is 0.0725 e. The maximum atomic E-state index is 4.61. The molecular weight excluding hydrogens is 244 g/mol. The first-order valence-electron chi connectivity index (χ1n) is 7.83. The van der Waals surface area contributed by atoms with E-state index in [0.717, 1.165) is 17.8 Å². The van der Waals surface area contributed by atoms with Gasteiger partial charge >= 0.3 is 0 Å². The molecule has 1 aromatic heterocycles. The van der Waals surface area contributed by atoms with Crippen LogP contribution in [0.25, 0.3) is 10.9 Å². The summed E-state index contributed by atoms with van der Waals surface area (Å²) in [4.78, 5) is 4.61. The third-order valence-corrected chi connectivity index (χ3v) is 4.91. The maximum absolute atomic E-state index is 4.61. The largest absolute Gasteiger partial charge is 0.384 e. The number of nitrogens with zero attached hydrogens (tertiary/aromatic N) is 1. The first kappa shape index (κ1) is 13.4. The Morgan fingerprint density at radius 1 is 1.20 bits per heavy atom. The number of pyridine rings is 1. The highest BCUT2D eigenvalue weighted by Gasteiger charge is 2.31. The molecule has 2 nitrogen and oxygen atoms in total. The average molecular weight is 268 g/mol. The van der Waals surface area contributed by atoms with Gasteiger partial charge in [0.2, 0.25) is 0 Å². The Bertz CT molecular complexity index is 597. The topological polar surface area (TPSA) is 24.9 Å². The predicted molar refractivity (Wildman–Crippen MR) is 86.2 cm³/mol. The van der Waals surface area contributed by atoms with Gasteiger partial charge in [-0.25, -0.2) is 0 Å². The van der Waals surface area contributed by atoms with Crippen molar-refractivity contribution < 1.29 is 0 Å². The minimum absolute atomic E-state index is 0.512. The van der Waals surface area contributed by atoms with Crippen LogP contribution >= 0.6 is 0 Å². The van der Waals surface area contributed by atoms with Crippen molar-refractivity contribution >= 4 is 16.6 Å². The molecule has 1 N–H and O–H groups in total. The van der Waals surface area contributed by atoms with Crippen molar-refractivity contribution in [3.63, 3.8) is 0 Å². The van der Waals surface area contributed by atoms with Crippen LogP contribution in [0.5, 0.6) is 0 Å². The molecule has 1 heterocycles. The summed E-state index contributed by atoms with van der Waals surface area (Å²) in [5.41, 5.74) is 3.93. The second-order valence-corrected chi connectivity index (χ2v) is 6.24. The number of fused-ring (bicyclic) bond motifs is 1. The zero-order valence-corrected chi connectivity index (χ0v) is 12.6. The van der Waals surface area contributed by atoms with Gasteiger partial charge in [0, 0.05) is 23.3 Å². The number of aromatic nitrogens is 1. The molecule has 0 unspecified atom stereocenters. The summed E-state index contributed by atoms with van der Waals surface area (Å²) in [5.74, 6) is 0. The number of hydrogen-bond acceptors (Lipinski definition) is 2. The van der Waals surface area contributed by atoms with Gasteiger partial charge in [-0.2, -0.15) is 0 Å². The van der Waals surface area contributed by atoms with Crippen LogP contribution in [0.15, 0.2) is 30.3 Å². The van der Waals surface area contributed by atoms with E-state index in [1.54, 1.807) is 0 Å². The predicted octanol–water partition coefficient (Wildman–Crippen LogP) is 4.93. The highest BCUT2D eigenvalue weighted by atomic mass is 14.9. The number of nitrogens with one attached hydrogen (secondary N) is 1. The van der Waals surface area contributed by atoms with E-state index in [1.807, 2.05) is 0 Å². The molecule has 0 radical (unpaired) electrons. The summed E-state index contributed by atoms with van der Waals surface area (Å²) in [6.45, 7) is 5.50. The van der Waals surface area contributed by atoms with Gasteiger partial charge in [0.25, 0.3) is 0 Å². The highest BCUT2D eigenvalue weighted by molar-refractivity contribution is 5.91. The van der Waals surface area contributed by atoms with Crippen LogP contribution in [0.2, 0.25) is 0 Å². The Morgan fingerprint density at radius 3 is 2.70 bits per heavy atom. The van der Waals surface area contributed by atoms with Crippen LogP contribution in [-0.2, 0) is 0 Å². The fourth-order valence-corrected chi connectivity index (χ4v) is 3.52. The van der Waals surface area contributed by atoms with Crippen molar-refractivity contribution in [1.29, 1.82) is 0 Å². The Morgan fingerprint density at radius 2 is 1.95 bits per heavy atom. The van der Waals surface area contributed by atoms with Crippen molar-refractivity contribution in [3.8, 4) is 0 Å². The van der Waals surface area contributed by atoms with E-state index in [2.05, 4.69) is 54.5 Å². The fourth-order valence-electron chi connectivity index (χ4n) is 3.52. The lowest BCUT2D eigenvalue weighted by Crippen LogP contribution is -2.26. The zero-order valence-electron chi connectivity index (χ0n) is 12.6. The molecule has 1 saturated carbocycles. The summed E-state index contributed by atoms with van der Waals surface area (Å²) in [6, 6.07) is 10.6. The van der Waals surface area contributed by atoms with Gasteiger partial charge in [-0.05, 0) is 43.7 Å². The van der Waals surface area contributed by atoms with Crippen LogP contribution in [0, 0.1) is 12.3 Å². The Kier molecular flexibility index (Phi) is 3.64. The number of benzene rings is 1. The number of rotatable bonds is 4. The Balaban J connectivity index is 1.87. The second-order valence-electron chi connectivity index (χ2n) is 6.24. The summed E-state index contributed by atoms with van der Waals surface area (Å²) in [5, 5.41) is 4.96. The second kappa shape index (κ2) is 5.43. The van der Waals surface area contributed by atoms with E-state index in [0.29, 0.717) is 5.41 Å². The van der Waals surface area contributed by atoms with Gasteiger partial charge in [0.1, 0.15) is 0 Å². The molecule has 106 valence electrons. The number of para-hydroxylation sites is 1. The van der Waals surface area contributed by atoms with E-state index >= 15 is 0 Å². The monoisotopic (exact) mass is 268 g/mol. The van der Waals surface area contributed by atoms with Crippen molar-refractivity contribution in [2.45, 2.75) is 46.0 Å². The van der Waals surface area contributed by atoms with Gasteiger partial charge < -0.3 is 5.32 Å². The van der Waals surface area contributed by atoms with Gasteiger partial charge in [-0.15, -0.1) is 0 Å². The minimum Gasteiger partial charge on any atom is -0.384 e. The first-order valence-corrected chi connectivity index (χ1v) is 7.83. The lowest BCUT2D eigenvalue weighted by atomic mass is 9.83. The highest BCUT2D eigenvalue weighted by Crippen LogP contribution is 2.41. The minimum atomic E-state index is 0.512. The number of aryl methyl sites for hydroxylation is 1. The molecule has 0 amide bonds. The SMILES string of the molecule is CCC1(CNc2cc(C)nc3ccccc23)CCCC1. The van der Waals surface area contributed by atoms with Gasteiger partial charge in [-0.1, -0.05) is 38.0 Å². The van der Waals surface area contributed by atoms with Crippen LogP contribution in [0.3, 0.4) is 0 Å². The maximum Gasteiger partial charge on any atom is 0.0725 e. The lowest BCUT2D eigenvalue weighted by molar-refractivity contribution is 0.307. The molecule has 0 bridgehead atoms. The van der Waals surface area contributed by atoms with Crippen LogP contribution < -0.4 is 5.32 Å². The van der Waals surface area contributed by atoms with Gasteiger partial charge in [0.05, 0.1) is 5.52 Å². The van der Waals surface area contributed by atoms with Gasteiger partial charge in [0.15, 0.2) is 0 Å². The van der Waals surface area contributed by atoms with Crippen molar-refractivity contribution in [1.82, 2.24) is 4.98 Å². The van der Waals surface area contributed by atoms with Crippen LogP contribution in [-0.4, -0.2) is 11.5 Å². The quantitative estimate of drug-likeness (QED) is 0.850. The van der Waals surface area contributed by atoms with E-state index in [9.17, 15) is 0 Å². The van der Waals surface area contributed by atoms with Crippen molar-refractivity contribution in [2.75, 3.05) is 11.9 Å². The Hall–Kier alpha value is -1.57. The fraction of sp³-hybridized carbons (Fsp3) is 0.500. The summed E-state index contributed by atoms with van der Waals surface area (Å²) in [7, 11) is 0. The molecule has 1 aliphatic rings. The molecule has 1 aromatic carbocycles. The summed E-state index contributed by atoms with van der Waals surface area (Å²) >= 11 is 0. The van der Waals surface area contributed by atoms with Crippen LogP contribution in [0.4, 0.5) is 5.69 Å². The molecule has 3 rings (SSSR count). The molecule has 2 aromatic rings. The number of anilines is 1. The van der Waals surface area contributed by atoms with Crippen molar-refractivity contribution in [3.05, 3.63) is 36.0 Å². The molecule has 1 fully saturated rings. The third kappa shape index (κ3) is 2.52. The lowest BCUT2D eigenvalue weighted by Gasteiger charge is -2.28. The molecule has 0 atom stereocenters. The molecule has 20 heavy (non-hydrogen) atoms. The molecule has 0 aliphatic heterocycles. The Labute approximate surface area is 121 Å². The first-order chi connectivity index (χ1) is 9.72. The van der Waals surface area contributed by atoms with Crippen LogP contribution in [0.1, 0.15) is 44.7 Å². The van der Waals surface area contributed by atoms with E-state index < -0.39 is 0 Å². The molecule has 0 saturated heterocycles. The summed E-state index contributed by atoms with van der Waals surface area (Å²) in [6.07, 6.45) is 6.82. The third-order valence-electron chi connectivity index (χ3n) is 4.91. The van der Waals surface area contributed by atoms with Crippen molar-refractivity contribution in [2.24, 2.45) is 5.41 Å². The van der Waals surface area contributed by atoms with E-state index in [1.165, 1.54) is 43.2 Å². The molecular formula is C18H24N2. The summed E-state index contributed by atoms with van der Waals surface area (Å²) < 4.78 is 0. The van der Waals surface area contributed by atoms with E-state index in [4.69, 9.17) is 0 Å². The normalized spacial score (nSPS) is 17.5. The molecule has 0 spiro atoms. The van der Waals surface area contributed by atoms with Gasteiger partial charge in [-0.3, -0.25) is 4.98 Å². The molecule has 2 heteroatoms. The number of hydrogen-bond donors (Lipinski definition) is 1. The molecule has 1 aliphatic carbocycles. The standard InChI is InChI=1S/C18H24N2/c1-3-18(10-6-7-11-18)13-19-17-12-14(2)20-16-9-5-4-8-15(16)17/h4-5,8-9,12H,3,6-7,10-11,13H2,1-2H3,(H,19,20). The zero-order chi connectivity index (χ0) is 14.0. The van der Waals surface area contributed by atoms with E-state index in [-0.39, 0.29) is 0 Å². The average Bonchev–Trinajstić information content (AvgIpc) is 2.94.